The normalized spacial score (nSPS) is 11.2. The van der Waals surface area contributed by atoms with E-state index in [1.54, 1.807) is 35.6 Å². The largest absolute Gasteiger partial charge is 0.338 e. The van der Waals surface area contributed by atoms with Gasteiger partial charge in [0.15, 0.2) is 4.34 Å². The number of benzene rings is 1. The highest BCUT2D eigenvalue weighted by Crippen LogP contribution is 2.31. The monoisotopic (exact) mass is 455 g/mol. The zero-order chi connectivity index (χ0) is 19.3. The molecule has 0 bridgehead atoms. The average Bonchev–Trinajstić information content (AvgIpc) is 3.43. The van der Waals surface area contributed by atoms with Gasteiger partial charge in [0.2, 0.25) is 16.8 Å². The van der Waals surface area contributed by atoms with Crippen molar-refractivity contribution in [3.05, 3.63) is 47.7 Å². The van der Waals surface area contributed by atoms with Gasteiger partial charge in [0.1, 0.15) is 0 Å². The number of thiophene rings is 1. The first-order valence-corrected chi connectivity index (χ1v) is 11.4. The van der Waals surface area contributed by atoms with Crippen LogP contribution in [0, 0.1) is 0 Å². The number of aromatic nitrogens is 4. The maximum Gasteiger partial charge on any atom is 0.288 e. The molecule has 144 valence electrons. The predicted octanol–water partition coefficient (Wildman–Crippen LogP) is 6.00. The van der Waals surface area contributed by atoms with Crippen LogP contribution in [0.1, 0.15) is 5.89 Å². The fraction of sp³-hybridized carbons (Fsp3) is 0.125. The van der Waals surface area contributed by atoms with Crippen LogP contribution in [-0.4, -0.2) is 26.1 Å². The van der Waals surface area contributed by atoms with Crippen molar-refractivity contribution >= 4 is 57.0 Å². The summed E-state index contributed by atoms with van der Waals surface area (Å²) >= 11 is 4.90. The molecule has 0 aliphatic carbocycles. The van der Waals surface area contributed by atoms with Crippen LogP contribution in [0.4, 0.5) is 19.6 Å². The van der Waals surface area contributed by atoms with Gasteiger partial charge in [-0.1, -0.05) is 46.1 Å². The molecule has 0 radical (unpaired) electrons. The molecular weight excluding hydrogens is 444 g/mol. The van der Waals surface area contributed by atoms with Crippen LogP contribution in [0.3, 0.4) is 0 Å². The zero-order valence-corrected chi connectivity index (χ0v) is 17.2. The summed E-state index contributed by atoms with van der Waals surface area (Å²) in [5.74, 6) is -0.835. The van der Waals surface area contributed by atoms with Crippen molar-refractivity contribution in [1.29, 1.82) is 0 Å². The summed E-state index contributed by atoms with van der Waals surface area (Å²) < 4.78 is 30.7. The number of nitrogens with one attached hydrogen (secondary N) is 1. The van der Waals surface area contributed by atoms with Gasteiger partial charge in [-0.3, -0.25) is 0 Å². The first-order chi connectivity index (χ1) is 13.7. The van der Waals surface area contributed by atoms with Gasteiger partial charge in [0, 0.05) is 10.6 Å². The molecule has 6 nitrogen and oxygen atoms in total. The summed E-state index contributed by atoms with van der Waals surface area (Å²) in [6.07, 6.45) is 0. The number of halogens is 2. The standard InChI is InChI=1S/C16H11F2N5OS4/c17-14(18)27-10-5-3-9(4-6-10)19-15-21-22-16(28-15)26-8-12-20-13(23-24-12)11-2-1-7-25-11/h1-7,14H,8H2,(H,19,21). The maximum atomic E-state index is 12.4. The van der Waals surface area contributed by atoms with Crippen LogP contribution in [0.5, 0.6) is 0 Å². The molecule has 1 N–H and O–H groups in total. The first kappa shape index (κ1) is 19.3. The Kier molecular flexibility index (Phi) is 6.20. The number of nitrogens with zero attached hydrogens (tertiary/aromatic N) is 4. The lowest BCUT2D eigenvalue weighted by Crippen LogP contribution is -1.89. The van der Waals surface area contributed by atoms with E-state index in [1.807, 2.05) is 17.5 Å². The lowest BCUT2D eigenvalue weighted by atomic mass is 10.3. The number of hydrogen-bond donors (Lipinski definition) is 1. The second-order valence-corrected chi connectivity index (χ2v) is 9.39. The van der Waals surface area contributed by atoms with Gasteiger partial charge in [0.05, 0.1) is 10.6 Å². The Morgan fingerprint density at radius 1 is 1.14 bits per heavy atom. The van der Waals surface area contributed by atoms with Crippen molar-refractivity contribution in [3.63, 3.8) is 0 Å². The molecule has 1 aromatic carbocycles. The van der Waals surface area contributed by atoms with Crippen molar-refractivity contribution in [1.82, 2.24) is 20.3 Å². The summed E-state index contributed by atoms with van der Waals surface area (Å²) in [6.45, 7) is 0. The van der Waals surface area contributed by atoms with E-state index in [2.05, 4.69) is 25.7 Å². The van der Waals surface area contributed by atoms with Gasteiger partial charge in [-0.05, 0) is 35.7 Å². The summed E-state index contributed by atoms with van der Waals surface area (Å²) in [4.78, 5) is 5.84. The molecule has 12 heteroatoms. The summed E-state index contributed by atoms with van der Waals surface area (Å²) in [5, 5.41) is 17.9. The molecule has 0 aliphatic heterocycles. The topological polar surface area (TPSA) is 76.7 Å². The van der Waals surface area contributed by atoms with Crippen molar-refractivity contribution < 1.29 is 13.3 Å². The number of rotatable bonds is 8. The Morgan fingerprint density at radius 3 is 2.75 bits per heavy atom. The van der Waals surface area contributed by atoms with E-state index in [1.165, 1.54) is 23.1 Å². The van der Waals surface area contributed by atoms with E-state index < -0.39 is 5.76 Å². The quantitative estimate of drug-likeness (QED) is 0.324. The van der Waals surface area contributed by atoms with Crippen molar-refractivity contribution in [2.75, 3.05) is 5.32 Å². The fourth-order valence-electron chi connectivity index (χ4n) is 2.10. The highest BCUT2D eigenvalue weighted by molar-refractivity contribution is 8.00. The Balaban J connectivity index is 1.32. The lowest BCUT2D eigenvalue weighted by molar-refractivity contribution is 0.252. The number of thioether (sulfide) groups is 2. The van der Waals surface area contributed by atoms with Crippen LogP contribution in [0.25, 0.3) is 10.7 Å². The third-order valence-corrected chi connectivity index (χ3v) is 6.81. The molecular formula is C16H11F2N5OS4. The summed E-state index contributed by atoms with van der Waals surface area (Å²) in [7, 11) is 0. The van der Waals surface area contributed by atoms with E-state index >= 15 is 0 Å². The van der Waals surface area contributed by atoms with Crippen molar-refractivity contribution in [2.45, 2.75) is 20.7 Å². The molecule has 4 aromatic rings. The van der Waals surface area contributed by atoms with E-state index in [4.69, 9.17) is 4.52 Å². The van der Waals surface area contributed by atoms with Crippen LogP contribution in [-0.2, 0) is 5.75 Å². The molecule has 28 heavy (non-hydrogen) atoms. The van der Waals surface area contributed by atoms with E-state index in [9.17, 15) is 8.78 Å². The first-order valence-electron chi connectivity index (χ1n) is 7.80. The molecule has 0 saturated heterocycles. The van der Waals surface area contributed by atoms with Gasteiger partial charge in [0.25, 0.3) is 5.76 Å². The van der Waals surface area contributed by atoms with Gasteiger partial charge in [-0.25, -0.2) is 0 Å². The summed E-state index contributed by atoms with van der Waals surface area (Å²) in [5.41, 5.74) is 0.754. The van der Waals surface area contributed by atoms with E-state index in [0.717, 1.165) is 14.9 Å². The van der Waals surface area contributed by atoms with Crippen LogP contribution >= 0.6 is 46.2 Å². The minimum atomic E-state index is -2.43. The third kappa shape index (κ3) is 5.07. The molecule has 0 unspecified atom stereocenters. The van der Waals surface area contributed by atoms with Gasteiger partial charge in [-0.2, -0.15) is 13.8 Å². The zero-order valence-electron chi connectivity index (χ0n) is 13.9. The molecule has 0 aliphatic rings. The van der Waals surface area contributed by atoms with Crippen LogP contribution in [0.2, 0.25) is 0 Å². The molecule has 0 amide bonds. The minimum Gasteiger partial charge on any atom is -0.338 e. The Labute approximate surface area is 174 Å². The fourth-order valence-corrected chi connectivity index (χ4v) is 4.86. The predicted molar refractivity (Wildman–Crippen MR) is 109 cm³/mol. The highest BCUT2D eigenvalue weighted by atomic mass is 32.2. The smallest absolute Gasteiger partial charge is 0.288 e. The van der Waals surface area contributed by atoms with Gasteiger partial charge < -0.3 is 9.84 Å². The van der Waals surface area contributed by atoms with Crippen molar-refractivity contribution in [2.24, 2.45) is 0 Å². The molecule has 0 fully saturated rings. The lowest BCUT2D eigenvalue weighted by Gasteiger charge is -2.03. The third-order valence-electron chi connectivity index (χ3n) is 3.27. The minimum absolute atomic E-state index is 0.493. The SMILES string of the molecule is FC(F)Sc1ccc(Nc2nnc(SCc3nc(-c4cccs4)no3)s2)cc1. The Hall–Kier alpha value is -2.02. The second-order valence-electron chi connectivity index (χ2n) is 5.18. The Bertz CT molecular complexity index is 1020. The molecule has 3 aromatic heterocycles. The van der Waals surface area contributed by atoms with Gasteiger partial charge in [-0.15, -0.1) is 21.5 Å². The van der Waals surface area contributed by atoms with Gasteiger partial charge >= 0.3 is 0 Å². The maximum absolute atomic E-state index is 12.4. The molecule has 3 heterocycles. The van der Waals surface area contributed by atoms with Crippen LogP contribution in [0.15, 0.2) is 55.5 Å². The molecule has 0 saturated carbocycles. The second kappa shape index (κ2) is 8.99. The van der Waals surface area contributed by atoms with Crippen molar-refractivity contribution in [3.8, 4) is 10.7 Å². The Morgan fingerprint density at radius 2 is 2.00 bits per heavy atom. The average molecular weight is 456 g/mol. The van der Waals surface area contributed by atoms with E-state index in [0.29, 0.717) is 39.3 Å². The number of alkyl halides is 2. The number of hydrogen-bond acceptors (Lipinski definition) is 10. The van der Waals surface area contributed by atoms with E-state index in [-0.39, 0.29) is 0 Å². The highest BCUT2D eigenvalue weighted by Gasteiger charge is 2.12. The molecule has 0 spiro atoms. The summed E-state index contributed by atoms with van der Waals surface area (Å²) in [6, 6.07) is 10.6. The number of anilines is 2. The molecule has 0 atom stereocenters. The molecule has 4 rings (SSSR count). The van der Waals surface area contributed by atoms with Crippen LogP contribution < -0.4 is 5.32 Å².